The molecule has 2 aromatic carbocycles. The molecule has 3 rings (SSSR count). The molecule has 1 heterocycles. The molecule has 14 nitrogen and oxygen atoms in total. The molecule has 226 valence electrons. The Labute approximate surface area is 244 Å². The molecule has 42 heavy (non-hydrogen) atoms. The van der Waals surface area contributed by atoms with Gasteiger partial charge < -0.3 is 34.5 Å². The molecule has 1 aromatic heterocycles. The van der Waals surface area contributed by atoms with Crippen molar-refractivity contribution in [2.45, 2.75) is 40.2 Å². The summed E-state index contributed by atoms with van der Waals surface area (Å²) in [6, 6.07) is 7.99. The number of carbonyl (C=O) groups excluding carboxylic acids is 1. The third-order valence-corrected chi connectivity index (χ3v) is 5.92. The van der Waals surface area contributed by atoms with Gasteiger partial charge in [-0.15, -0.1) is 0 Å². The molecule has 0 unspecified atom stereocenters. The van der Waals surface area contributed by atoms with Gasteiger partial charge in [0.15, 0.2) is 11.6 Å². The highest BCUT2D eigenvalue weighted by Crippen LogP contribution is 2.40. The minimum atomic E-state index is -0.663. The number of nitrogens with zero attached hydrogens (tertiary/aromatic N) is 4. The van der Waals surface area contributed by atoms with Gasteiger partial charge in [0.1, 0.15) is 22.8 Å². The summed E-state index contributed by atoms with van der Waals surface area (Å²) in [5.74, 6) is 1.52. The molecule has 0 aliphatic heterocycles. The largest absolute Gasteiger partial charge is 0.495 e. The van der Waals surface area contributed by atoms with Crippen LogP contribution in [0, 0.1) is 10.1 Å². The molecule has 1 amide bonds. The van der Waals surface area contributed by atoms with Gasteiger partial charge in [0.2, 0.25) is 5.95 Å². The van der Waals surface area contributed by atoms with Crippen molar-refractivity contribution in [1.29, 1.82) is 0 Å². The number of rotatable bonds is 12. The maximum atomic E-state index is 12.3. The monoisotopic (exact) mass is 583 g/mol. The second kappa shape index (κ2) is 13.6. The van der Waals surface area contributed by atoms with Crippen molar-refractivity contribution >= 4 is 46.3 Å². The van der Waals surface area contributed by atoms with E-state index in [0.717, 1.165) is 0 Å². The maximum Gasteiger partial charge on any atom is 0.412 e. The van der Waals surface area contributed by atoms with Gasteiger partial charge in [-0.3, -0.25) is 15.4 Å². The van der Waals surface area contributed by atoms with E-state index in [1.807, 2.05) is 18.7 Å². The van der Waals surface area contributed by atoms with Gasteiger partial charge in [-0.25, -0.2) is 9.78 Å². The molecular weight excluding hydrogens is 546 g/mol. The van der Waals surface area contributed by atoms with Gasteiger partial charge in [-0.2, -0.15) is 4.98 Å². The predicted octanol–water partition coefficient (Wildman–Crippen LogP) is 6.09. The molecule has 0 saturated carbocycles. The Morgan fingerprint density at radius 1 is 0.952 bits per heavy atom. The lowest BCUT2D eigenvalue weighted by Crippen LogP contribution is -2.27. The lowest BCUT2D eigenvalue weighted by molar-refractivity contribution is -0.384. The van der Waals surface area contributed by atoms with Crippen molar-refractivity contribution in [2.24, 2.45) is 0 Å². The van der Waals surface area contributed by atoms with E-state index in [1.54, 1.807) is 45.0 Å². The Kier molecular flexibility index (Phi) is 10.2. The summed E-state index contributed by atoms with van der Waals surface area (Å²) in [5, 5.41) is 20.8. The fourth-order valence-electron chi connectivity index (χ4n) is 4.01. The fourth-order valence-corrected chi connectivity index (χ4v) is 4.01. The number of anilines is 6. The molecule has 0 saturated heterocycles. The minimum absolute atomic E-state index is 0.0899. The van der Waals surface area contributed by atoms with Gasteiger partial charge >= 0.3 is 6.09 Å². The lowest BCUT2D eigenvalue weighted by Gasteiger charge is -2.22. The van der Waals surface area contributed by atoms with Crippen LogP contribution in [0.15, 0.2) is 36.5 Å². The number of amides is 1. The standard InChI is InChI=1S/C28H37N7O7/c1-9-34(10-2)20-15-23(40-7)19(14-21(20)35(37)38)32-26-29-16-24(41-8)25(33-26)31-18-13-17(11-12-22(18)39-6)30-27(36)42-28(3,4)5/h11-16H,9-10H2,1-8H3,(H,30,36)(H2,29,31,32,33). The fraction of sp³-hybridized carbons (Fsp3) is 0.393. The zero-order valence-electron chi connectivity index (χ0n) is 25.0. The van der Waals surface area contributed by atoms with Crippen LogP contribution in [0.3, 0.4) is 0 Å². The van der Waals surface area contributed by atoms with Gasteiger partial charge in [-0.05, 0) is 52.8 Å². The summed E-state index contributed by atoms with van der Waals surface area (Å²) >= 11 is 0. The molecule has 0 aliphatic rings. The summed E-state index contributed by atoms with van der Waals surface area (Å²) in [5.41, 5.74) is 0.905. The van der Waals surface area contributed by atoms with Crippen LogP contribution in [-0.4, -0.2) is 61.0 Å². The molecule has 0 bridgehead atoms. The molecule has 0 spiro atoms. The van der Waals surface area contributed by atoms with Gasteiger partial charge in [0, 0.05) is 30.9 Å². The van der Waals surface area contributed by atoms with Crippen molar-refractivity contribution in [3.05, 3.63) is 46.6 Å². The van der Waals surface area contributed by atoms with Crippen molar-refractivity contribution in [3.8, 4) is 17.2 Å². The summed E-state index contributed by atoms with van der Waals surface area (Å²) in [4.78, 5) is 34.5. The molecular formula is C28H37N7O7. The zero-order chi connectivity index (χ0) is 31.0. The SMILES string of the molecule is CCN(CC)c1cc(OC)c(Nc2ncc(OC)c(Nc3cc(NC(=O)OC(C)(C)C)ccc3OC)n2)cc1[N+](=O)[O-]. The number of nitro benzene ring substituents is 1. The molecule has 0 radical (unpaired) electrons. The summed E-state index contributed by atoms with van der Waals surface area (Å²) in [7, 11) is 4.45. The predicted molar refractivity (Wildman–Crippen MR) is 161 cm³/mol. The quantitative estimate of drug-likeness (QED) is 0.166. The van der Waals surface area contributed by atoms with E-state index in [0.29, 0.717) is 53.1 Å². The molecule has 0 aliphatic carbocycles. The molecule has 3 N–H and O–H groups in total. The van der Waals surface area contributed by atoms with Gasteiger partial charge in [0.25, 0.3) is 5.69 Å². The van der Waals surface area contributed by atoms with E-state index in [9.17, 15) is 14.9 Å². The van der Waals surface area contributed by atoms with Gasteiger partial charge in [-0.1, -0.05) is 0 Å². The normalized spacial score (nSPS) is 10.9. The minimum Gasteiger partial charge on any atom is -0.495 e. The number of nitro groups is 1. The van der Waals surface area contributed by atoms with Crippen molar-refractivity contribution < 1.29 is 28.7 Å². The van der Waals surface area contributed by atoms with Crippen molar-refractivity contribution in [1.82, 2.24) is 9.97 Å². The zero-order valence-corrected chi connectivity index (χ0v) is 25.0. The van der Waals surface area contributed by atoms with Crippen molar-refractivity contribution in [3.63, 3.8) is 0 Å². The average molecular weight is 584 g/mol. The highest BCUT2D eigenvalue weighted by atomic mass is 16.6. The Hall–Kier alpha value is -5.01. The first-order chi connectivity index (χ1) is 19.9. The first kappa shape index (κ1) is 31.5. The van der Waals surface area contributed by atoms with Crippen LogP contribution in [-0.2, 0) is 4.74 Å². The number of hydrogen-bond acceptors (Lipinski definition) is 12. The van der Waals surface area contributed by atoms with Crippen LogP contribution in [0.4, 0.5) is 45.0 Å². The maximum absolute atomic E-state index is 12.3. The van der Waals surface area contributed by atoms with Crippen LogP contribution in [0.2, 0.25) is 0 Å². The van der Waals surface area contributed by atoms with Crippen LogP contribution in [0.5, 0.6) is 17.2 Å². The van der Waals surface area contributed by atoms with Gasteiger partial charge in [0.05, 0.1) is 43.8 Å². The van der Waals surface area contributed by atoms with Crippen LogP contribution < -0.4 is 35.1 Å². The third kappa shape index (κ3) is 7.80. The Bertz CT molecular complexity index is 1420. The van der Waals surface area contributed by atoms with E-state index < -0.39 is 16.6 Å². The van der Waals surface area contributed by atoms with Crippen molar-refractivity contribution in [2.75, 3.05) is 55.3 Å². The number of aromatic nitrogens is 2. The highest BCUT2D eigenvalue weighted by molar-refractivity contribution is 5.87. The summed E-state index contributed by atoms with van der Waals surface area (Å²) < 4.78 is 21.8. The summed E-state index contributed by atoms with van der Waals surface area (Å²) in [6.45, 7) is 10.3. The van der Waals surface area contributed by atoms with Crippen LogP contribution in [0.25, 0.3) is 0 Å². The molecule has 0 atom stereocenters. The van der Waals surface area contributed by atoms with Crippen LogP contribution >= 0.6 is 0 Å². The number of benzene rings is 2. The highest BCUT2D eigenvalue weighted by Gasteiger charge is 2.23. The Morgan fingerprint density at radius 2 is 1.60 bits per heavy atom. The Morgan fingerprint density at radius 3 is 2.17 bits per heavy atom. The second-order valence-electron chi connectivity index (χ2n) is 9.87. The second-order valence-corrected chi connectivity index (χ2v) is 9.87. The number of hydrogen-bond donors (Lipinski definition) is 3. The number of carbonyl (C=O) groups is 1. The lowest BCUT2D eigenvalue weighted by atomic mass is 10.2. The first-order valence-electron chi connectivity index (χ1n) is 13.2. The topological polar surface area (TPSA) is 162 Å². The average Bonchev–Trinajstić information content (AvgIpc) is 2.93. The number of ether oxygens (including phenoxy) is 4. The molecule has 14 heteroatoms. The third-order valence-electron chi connectivity index (χ3n) is 5.92. The van der Waals surface area contributed by atoms with E-state index in [4.69, 9.17) is 18.9 Å². The van der Waals surface area contributed by atoms with E-state index in [2.05, 4.69) is 25.9 Å². The summed E-state index contributed by atoms with van der Waals surface area (Å²) in [6.07, 6.45) is 0.831. The number of methoxy groups -OCH3 is 3. The number of nitrogens with one attached hydrogen (secondary N) is 3. The van der Waals surface area contributed by atoms with E-state index in [1.165, 1.54) is 33.6 Å². The van der Waals surface area contributed by atoms with Crippen LogP contribution in [0.1, 0.15) is 34.6 Å². The smallest absolute Gasteiger partial charge is 0.412 e. The molecule has 3 aromatic rings. The van der Waals surface area contributed by atoms with E-state index >= 15 is 0 Å². The molecule has 0 fully saturated rings. The van der Waals surface area contributed by atoms with E-state index in [-0.39, 0.29) is 17.5 Å². The Balaban J connectivity index is 1.97. The first-order valence-corrected chi connectivity index (χ1v) is 13.2.